The number of anilines is 1. The molecular formula is C22H17NO3S2. The first-order valence-corrected chi connectivity index (χ1v) is 11.4. The molecule has 0 amide bonds. The molecular weight excluding hydrogens is 390 g/mol. The van der Waals surface area contributed by atoms with Gasteiger partial charge in [0.05, 0.1) is 5.69 Å². The van der Waals surface area contributed by atoms with Crippen LogP contribution < -0.4 is 4.31 Å². The number of thioether (sulfide) groups is 1. The van der Waals surface area contributed by atoms with Gasteiger partial charge in [-0.05, 0) is 29.3 Å². The summed E-state index contributed by atoms with van der Waals surface area (Å²) in [6, 6.07) is 24.9. The van der Waals surface area contributed by atoms with Crippen molar-refractivity contribution >= 4 is 38.4 Å². The second-order valence-corrected chi connectivity index (χ2v) is 9.51. The highest BCUT2D eigenvalue weighted by Crippen LogP contribution is 2.40. The van der Waals surface area contributed by atoms with Gasteiger partial charge in [-0.1, -0.05) is 54.6 Å². The fourth-order valence-electron chi connectivity index (χ4n) is 3.45. The van der Waals surface area contributed by atoms with Crippen molar-refractivity contribution in [2.45, 2.75) is 9.99 Å². The highest BCUT2D eigenvalue weighted by atomic mass is 32.2. The second kappa shape index (κ2) is 6.72. The zero-order valence-corrected chi connectivity index (χ0v) is 16.5. The van der Waals surface area contributed by atoms with Crippen LogP contribution in [0.25, 0.3) is 22.1 Å². The summed E-state index contributed by atoms with van der Waals surface area (Å²) in [4.78, 5) is 0.964. The van der Waals surface area contributed by atoms with E-state index in [0.717, 1.165) is 21.4 Å². The van der Waals surface area contributed by atoms with Crippen molar-refractivity contribution in [1.29, 1.82) is 0 Å². The Morgan fingerprint density at radius 3 is 2.46 bits per heavy atom. The molecule has 4 nitrogen and oxygen atoms in total. The normalized spacial score (nSPS) is 14.2. The van der Waals surface area contributed by atoms with Gasteiger partial charge in [0, 0.05) is 28.6 Å². The van der Waals surface area contributed by atoms with Crippen LogP contribution >= 0.6 is 11.8 Å². The van der Waals surface area contributed by atoms with Crippen LogP contribution in [0.3, 0.4) is 0 Å². The van der Waals surface area contributed by atoms with Gasteiger partial charge in [0.1, 0.15) is 5.58 Å². The molecule has 4 aromatic rings. The van der Waals surface area contributed by atoms with E-state index in [-0.39, 0.29) is 5.09 Å². The van der Waals surface area contributed by atoms with E-state index in [1.165, 1.54) is 4.31 Å². The number of fused-ring (bicyclic) bond motifs is 2. The summed E-state index contributed by atoms with van der Waals surface area (Å²) in [5, 5.41) is 0.766. The maximum Gasteiger partial charge on any atom is 0.297 e. The molecule has 0 saturated carbocycles. The minimum absolute atomic E-state index is 0.0170. The van der Waals surface area contributed by atoms with E-state index in [0.29, 0.717) is 23.6 Å². The molecule has 0 N–H and O–H groups in total. The van der Waals surface area contributed by atoms with Gasteiger partial charge < -0.3 is 4.42 Å². The molecule has 1 aromatic heterocycles. The third kappa shape index (κ3) is 2.89. The van der Waals surface area contributed by atoms with Crippen LogP contribution in [0.15, 0.2) is 93.3 Å². The van der Waals surface area contributed by atoms with E-state index in [4.69, 9.17) is 4.42 Å². The van der Waals surface area contributed by atoms with Crippen molar-refractivity contribution in [3.63, 3.8) is 0 Å². The van der Waals surface area contributed by atoms with E-state index in [2.05, 4.69) is 0 Å². The molecule has 1 aliphatic rings. The molecule has 6 heteroatoms. The predicted octanol–water partition coefficient (Wildman–Crippen LogP) is 5.40. The van der Waals surface area contributed by atoms with Crippen LogP contribution in [0.1, 0.15) is 0 Å². The monoisotopic (exact) mass is 407 g/mol. The summed E-state index contributed by atoms with van der Waals surface area (Å²) in [6.45, 7) is 0.412. The Hall–Kier alpha value is -2.70. The van der Waals surface area contributed by atoms with E-state index >= 15 is 0 Å². The van der Waals surface area contributed by atoms with Gasteiger partial charge >= 0.3 is 0 Å². The lowest BCUT2D eigenvalue weighted by atomic mass is 10.1. The number of nitrogens with zero attached hydrogens (tertiary/aromatic N) is 1. The van der Waals surface area contributed by atoms with Gasteiger partial charge in [-0.3, -0.25) is 4.31 Å². The minimum atomic E-state index is -3.78. The van der Waals surface area contributed by atoms with Crippen LogP contribution in [0.4, 0.5) is 5.69 Å². The van der Waals surface area contributed by atoms with E-state index in [1.54, 1.807) is 23.9 Å². The van der Waals surface area contributed by atoms with Gasteiger partial charge in [-0.15, -0.1) is 11.8 Å². The Balaban J connectivity index is 1.62. The number of benzene rings is 3. The van der Waals surface area contributed by atoms with Crippen LogP contribution in [-0.4, -0.2) is 20.7 Å². The number of hydrogen-bond acceptors (Lipinski definition) is 4. The first-order chi connectivity index (χ1) is 13.6. The van der Waals surface area contributed by atoms with Gasteiger partial charge in [0.25, 0.3) is 10.0 Å². The molecule has 2 heterocycles. The summed E-state index contributed by atoms with van der Waals surface area (Å²) in [7, 11) is -3.78. The molecule has 3 aromatic carbocycles. The second-order valence-electron chi connectivity index (χ2n) is 6.58. The molecule has 0 aliphatic carbocycles. The Morgan fingerprint density at radius 2 is 1.64 bits per heavy atom. The van der Waals surface area contributed by atoms with Gasteiger partial charge in [0.15, 0.2) is 0 Å². The largest absolute Gasteiger partial charge is 0.443 e. The van der Waals surface area contributed by atoms with Crippen LogP contribution in [0, 0.1) is 0 Å². The third-order valence-electron chi connectivity index (χ3n) is 4.83. The van der Waals surface area contributed by atoms with Crippen molar-refractivity contribution in [3.8, 4) is 11.1 Å². The maximum absolute atomic E-state index is 13.4. The van der Waals surface area contributed by atoms with Crippen LogP contribution in [0.2, 0.25) is 0 Å². The first-order valence-electron chi connectivity index (χ1n) is 8.96. The molecule has 0 saturated heterocycles. The molecule has 0 bridgehead atoms. The smallest absolute Gasteiger partial charge is 0.297 e. The van der Waals surface area contributed by atoms with Crippen LogP contribution in [-0.2, 0) is 10.0 Å². The molecule has 0 fully saturated rings. The molecule has 0 radical (unpaired) electrons. The topological polar surface area (TPSA) is 50.5 Å². The van der Waals surface area contributed by atoms with Crippen molar-refractivity contribution in [2.24, 2.45) is 0 Å². The van der Waals surface area contributed by atoms with Crippen molar-refractivity contribution < 1.29 is 12.8 Å². The maximum atomic E-state index is 13.4. The number of sulfonamides is 1. The Bertz CT molecular complexity index is 1230. The number of para-hydroxylation sites is 1. The summed E-state index contributed by atoms with van der Waals surface area (Å²) in [5.74, 6) is 0.705. The summed E-state index contributed by atoms with van der Waals surface area (Å²) in [6.07, 6.45) is 0. The van der Waals surface area contributed by atoms with Crippen molar-refractivity contribution in [2.75, 3.05) is 16.6 Å². The molecule has 0 atom stereocenters. The molecule has 28 heavy (non-hydrogen) atoms. The zero-order chi connectivity index (χ0) is 19.1. The van der Waals surface area contributed by atoms with Crippen LogP contribution in [0.5, 0.6) is 0 Å². The summed E-state index contributed by atoms with van der Waals surface area (Å²) < 4.78 is 33.9. The fourth-order valence-corrected chi connectivity index (χ4v) is 6.02. The molecule has 0 unspecified atom stereocenters. The van der Waals surface area contributed by atoms with Crippen molar-refractivity contribution in [3.05, 3.63) is 78.9 Å². The summed E-state index contributed by atoms with van der Waals surface area (Å²) in [5.41, 5.74) is 3.33. The van der Waals surface area contributed by atoms with Gasteiger partial charge in [0.2, 0.25) is 5.09 Å². The van der Waals surface area contributed by atoms with E-state index < -0.39 is 10.0 Å². The minimum Gasteiger partial charge on any atom is -0.443 e. The number of rotatable bonds is 3. The summed E-state index contributed by atoms with van der Waals surface area (Å²) >= 11 is 1.68. The first kappa shape index (κ1) is 17.4. The highest BCUT2D eigenvalue weighted by molar-refractivity contribution is 8.00. The Morgan fingerprint density at radius 1 is 0.857 bits per heavy atom. The molecule has 5 rings (SSSR count). The lowest BCUT2D eigenvalue weighted by molar-refractivity contribution is 0.480. The highest BCUT2D eigenvalue weighted by Gasteiger charge is 2.32. The standard InChI is InChI=1S/C22H17NO3S2/c24-28(25,22-15-18-8-4-5-9-20(18)26-22)23-12-13-27-21-11-10-17(14-19(21)23)16-6-2-1-3-7-16/h1-11,14-15H,12-13H2. The fraction of sp³-hybridized carbons (Fsp3) is 0.0909. The van der Waals surface area contributed by atoms with E-state index in [1.807, 2.05) is 66.7 Å². The molecule has 1 aliphatic heterocycles. The average molecular weight is 408 g/mol. The van der Waals surface area contributed by atoms with E-state index in [9.17, 15) is 8.42 Å². The Labute approximate surface area is 167 Å². The quantitative estimate of drug-likeness (QED) is 0.456. The lowest BCUT2D eigenvalue weighted by Gasteiger charge is -2.29. The molecule has 140 valence electrons. The van der Waals surface area contributed by atoms with Gasteiger partial charge in [-0.25, -0.2) is 0 Å². The predicted molar refractivity (Wildman–Crippen MR) is 113 cm³/mol. The lowest BCUT2D eigenvalue weighted by Crippen LogP contribution is -2.35. The third-order valence-corrected chi connectivity index (χ3v) is 7.55. The molecule has 0 spiro atoms. The zero-order valence-electron chi connectivity index (χ0n) is 14.9. The average Bonchev–Trinajstić information content (AvgIpc) is 3.19. The SMILES string of the molecule is O=S(=O)(c1cc2ccccc2o1)N1CCSc2ccc(-c3ccccc3)cc21. The van der Waals surface area contributed by atoms with Crippen molar-refractivity contribution in [1.82, 2.24) is 0 Å². The number of furan rings is 1. The van der Waals surface area contributed by atoms with Gasteiger partial charge in [-0.2, -0.15) is 8.42 Å². The Kier molecular flexibility index (Phi) is 4.18. The number of hydrogen-bond donors (Lipinski definition) is 0.